The van der Waals surface area contributed by atoms with Gasteiger partial charge in [-0.15, -0.1) is 0 Å². The zero-order valence-electron chi connectivity index (χ0n) is 12.3. The molecule has 0 aliphatic carbocycles. The molecule has 2 aromatic rings. The van der Waals surface area contributed by atoms with Crippen molar-refractivity contribution in [1.29, 1.82) is 0 Å². The molecule has 1 atom stereocenters. The van der Waals surface area contributed by atoms with Crippen molar-refractivity contribution in [2.45, 2.75) is 12.6 Å². The van der Waals surface area contributed by atoms with Crippen molar-refractivity contribution in [2.75, 3.05) is 31.6 Å². The summed E-state index contributed by atoms with van der Waals surface area (Å²) in [4.78, 5) is 9.20. The number of nitrogens with zero attached hydrogens (tertiary/aromatic N) is 3. The van der Waals surface area contributed by atoms with E-state index in [1.807, 2.05) is 18.2 Å². The van der Waals surface area contributed by atoms with Crippen molar-refractivity contribution in [2.24, 2.45) is 0 Å². The van der Waals surface area contributed by atoms with Gasteiger partial charge in [0.05, 0.1) is 12.6 Å². The average molecular weight is 283 g/mol. The predicted molar refractivity (Wildman–Crippen MR) is 84.2 cm³/mol. The normalized spacial score (nSPS) is 19.7. The van der Waals surface area contributed by atoms with Gasteiger partial charge in [0.1, 0.15) is 5.82 Å². The molecule has 0 saturated carbocycles. The van der Waals surface area contributed by atoms with Gasteiger partial charge >= 0.3 is 0 Å². The highest BCUT2D eigenvalue weighted by Crippen LogP contribution is 2.29. The number of benzene rings is 1. The van der Waals surface area contributed by atoms with E-state index in [9.17, 15) is 5.11 Å². The topological polar surface area (TPSA) is 39.6 Å². The monoisotopic (exact) mass is 283 g/mol. The van der Waals surface area contributed by atoms with E-state index in [1.54, 1.807) is 6.20 Å². The summed E-state index contributed by atoms with van der Waals surface area (Å²) in [5.74, 6) is 0.948. The first-order valence-electron chi connectivity index (χ1n) is 7.34. The molecular formula is C17H21N3O. The van der Waals surface area contributed by atoms with Gasteiger partial charge in [-0.3, -0.25) is 0 Å². The lowest BCUT2D eigenvalue weighted by atomic mass is 10.0. The third-order valence-electron chi connectivity index (χ3n) is 4.05. The number of hydrogen-bond donors (Lipinski definition) is 1. The Kier molecular flexibility index (Phi) is 4.18. The largest absolute Gasteiger partial charge is 0.392 e. The van der Waals surface area contributed by atoms with E-state index >= 15 is 0 Å². The standard InChI is InChI=1S/C17H21N3O/c1-19-9-10-20(17-11-14(13-21)7-8-18-17)16(12-19)15-5-3-2-4-6-15/h2-8,11,16,21H,9-10,12-13H2,1H3. The molecule has 1 aliphatic rings. The minimum Gasteiger partial charge on any atom is -0.392 e. The molecular weight excluding hydrogens is 262 g/mol. The number of rotatable bonds is 3. The van der Waals surface area contributed by atoms with Gasteiger partial charge in [-0.25, -0.2) is 4.98 Å². The quantitative estimate of drug-likeness (QED) is 0.936. The van der Waals surface area contributed by atoms with Gasteiger partial charge in [-0.1, -0.05) is 30.3 Å². The second-order valence-corrected chi connectivity index (χ2v) is 5.56. The lowest BCUT2D eigenvalue weighted by molar-refractivity contribution is 0.267. The first kappa shape index (κ1) is 14.0. The summed E-state index contributed by atoms with van der Waals surface area (Å²) >= 11 is 0. The predicted octanol–water partition coefficient (Wildman–Crippen LogP) is 2.07. The Balaban J connectivity index is 1.94. The highest BCUT2D eigenvalue weighted by atomic mass is 16.3. The van der Waals surface area contributed by atoms with Crippen LogP contribution in [0.15, 0.2) is 48.7 Å². The maximum Gasteiger partial charge on any atom is 0.129 e. The van der Waals surface area contributed by atoms with Crippen molar-refractivity contribution in [3.8, 4) is 0 Å². The third kappa shape index (κ3) is 3.06. The van der Waals surface area contributed by atoms with Crippen LogP contribution in [0, 0.1) is 0 Å². The smallest absolute Gasteiger partial charge is 0.129 e. The number of likely N-dealkylation sites (N-methyl/N-ethyl adjacent to an activating group) is 1. The van der Waals surface area contributed by atoms with E-state index in [0.29, 0.717) is 6.04 Å². The Morgan fingerprint density at radius 2 is 2.00 bits per heavy atom. The summed E-state index contributed by atoms with van der Waals surface area (Å²) in [5, 5.41) is 9.33. The second kappa shape index (κ2) is 6.24. The third-order valence-corrected chi connectivity index (χ3v) is 4.05. The average Bonchev–Trinajstić information content (AvgIpc) is 2.55. The zero-order valence-corrected chi connectivity index (χ0v) is 12.3. The molecule has 3 rings (SSSR count). The minimum atomic E-state index is 0.0548. The maximum absolute atomic E-state index is 9.33. The fourth-order valence-corrected chi connectivity index (χ4v) is 2.87. The molecule has 110 valence electrons. The molecule has 1 aliphatic heterocycles. The van der Waals surface area contributed by atoms with Gasteiger partial charge in [0.25, 0.3) is 0 Å². The summed E-state index contributed by atoms with van der Waals surface area (Å²) in [7, 11) is 2.16. The molecule has 1 aromatic carbocycles. The van der Waals surface area contributed by atoms with E-state index in [1.165, 1.54) is 5.56 Å². The number of aliphatic hydroxyl groups is 1. The van der Waals surface area contributed by atoms with Crippen LogP contribution in [-0.2, 0) is 6.61 Å². The highest BCUT2D eigenvalue weighted by molar-refractivity contribution is 5.45. The minimum absolute atomic E-state index is 0.0548. The van der Waals surface area contributed by atoms with Crippen molar-refractivity contribution in [3.63, 3.8) is 0 Å². The van der Waals surface area contributed by atoms with Crippen molar-refractivity contribution >= 4 is 5.82 Å². The molecule has 0 spiro atoms. The van der Waals surface area contributed by atoms with Gasteiger partial charge in [-0.2, -0.15) is 0 Å². The van der Waals surface area contributed by atoms with Gasteiger partial charge in [0, 0.05) is 25.8 Å². The van der Waals surface area contributed by atoms with Gasteiger partial charge in [0.15, 0.2) is 0 Å². The lowest BCUT2D eigenvalue weighted by Crippen LogP contribution is -2.47. The molecule has 4 nitrogen and oxygen atoms in total. The van der Waals surface area contributed by atoms with E-state index in [0.717, 1.165) is 31.0 Å². The molecule has 1 N–H and O–H groups in total. The molecule has 2 heterocycles. The van der Waals surface area contributed by atoms with Crippen molar-refractivity contribution < 1.29 is 5.11 Å². The summed E-state index contributed by atoms with van der Waals surface area (Å²) in [5.41, 5.74) is 2.21. The first-order chi connectivity index (χ1) is 10.3. The van der Waals surface area contributed by atoms with E-state index in [4.69, 9.17) is 0 Å². The highest BCUT2D eigenvalue weighted by Gasteiger charge is 2.27. The van der Waals surface area contributed by atoms with Gasteiger partial charge in [-0.05, 0) is 30.3 Å². The Hall–Kier alpha value is -1.91. The number of pyridine rings is 1. The molecule has 1 aromatic heterocycles. The SMILES string of the molecule is CN1CCN(c2cc(CO)ccn2)C(c2ccccc2)C1. The fourth-order valence-electron chi connectivity index (χ4n) is 2.87. The molecule has 21 heavy (non-hydrogen) atoms. The number of piperazine rings is 1. The molecule has 0 radical (unpaired) electrons. The van der Waals surface area contributed by atoms with Crippen molar-refractivity contribution in [3.05, 3.63) is 59.8 Å². The summed E-state index contributed by atoms with van der Waals surface area (Å²) in [6.45, 7) is 3.00. The van der Waals surface area contributed by atoms with E-state index < -0.39 is 0 Å². The second-order valence-electron chi connectivity index (χ2n) is 5.56. The first-order valence-corrected chi connectivity index (χ1v) is 7.34. The van der Waals surface area contributed by atoms with Crippen LogP contribution >= 0.6 is 0 Å². The van der Waals surface area contributed by atoms with Crippen LogP contribution in [0.5, 0.6) is 0 Å². The van der Waals surface area contributed by atoms with Crippen LogP contribution in [0.4, 0.5) is 5.82 Å². The molecule has 1 fully saturated rings. The van der Waals surface area contributed by atoms with Crippen LogP contribution in [0.2, 0.25) is 0 Å². The number of aromatic nitrogens is 1. The summed E-state index contributed by atoms with van der Waals surface area (Å²) in [6.07, 6.45) is 1.78. The Morgan fingerprint density at radius 3 is 2.76 bits per heavy atom. The number of anilines is 1. The summed E-state index contributed by atoms with van der Waals surface area (Å²) in [6, 6.07) is 14.7. The van der Waals surface area contributed by atoms with Crippen molar-refractivity contribution in [1.82, 2.24) is 9.88 Å². The molecule has 1 unspecified atom stereocenters. The Bertz CT molecular complexity index is 588. The summed E-state index contributed by atoms with van der Waals surface area (Å²) < 4.78 is 0. The Morgan fingerprint density at radius 1 is 1.19 bits per heavy atom. The van der Waals surface area contributed by atoms with Crippen LogP contribution < -0.4 is 4.90 Å². The van der Waals surface area contributed by atoms with Crippen LogP contribution in [-0.4, -0.2) is 41.7 Å². The number of hydrogen-bond acceptors (Lipinski definition) is 4. The maximum atomic E-state index is 9.33. The molecule has 1 saturated heterocycles. The van der Waals surface area contributed by atoms with Gasteiger partial charge < -0.3 is 14.9 Å². The Labute approximate surface area is 125 Å². The van der Waals surface area contributed by atoms with E-state index in [2.05, 4.69) is 46.1 Å². The van der Waals surface area contributed by atoms with Gasteiger partial charge in [0.2, 0.25) is 0 Å². The zero-order chi connectivity index (χ0) is 14.7. The van der Waals surface area contributed by atoms with Crippen LogP contribution in [0.25, 0.3) is 0 Å². The molecule has 0 bridgehead atoms. The lowest BCUT2D eigenvalue weighted by Gasteiger charge is -2.41. The number of aliphatic hydroxyl groups excluding tert-OH is 1. The van der Waals surface area contributed by atoms with E-state index in [-0.39, 0.29) is 6.61 Å². The van der Waals surface area contributed by atoms with Crippen LogP contribution in [0.3, 0.4) is 0 Å². The molecule has 0 amide bonds. The fraction of sp³-hybridized carbons (Fsp3) is 0.353. The molecule has 4 heteroatoms. The van der Waals surface area contributed by atoms with Crippen LogP contribution in [0.1, 0.15) is 17.2 Å².